The highest BCUT2D eigenvalue weighted by molar-refractivity contribution is 5.45. The monoisotopic (exact) mass is 357 g/mol. The van der Waals surface area contributed by atoms with Crippen molar-refractivity contribution in [1.82, 2.24) is 5.01 Å². The summed E-state index contributed by atoms with van der Waals surface area (Å²) in [4.78, 5) is 10.5. The van der Waals surface area contributed by atoms with Crippen LogP contribution in [-0.4, -0.2) is 28.8 Å². The van der Waals surface area contributed by atoms with Crippen molar-refractivity contribution in [2.75, 3.05) is 13.6 Å². The fourth-order valence-corrected chi connectivity index (χ4v) is 2.96. The van der Waals surface area contributed by atoms with E-state index in [1.54, 1.807) is 12.1 Å². The van der Waals surface area contributed by atoms with E-state index >= 15 is 0 Å². The third-order valence-corrected chi connectivity index (χ3v) is 4.33. The van der Waals surface area contributed by atoms with E-state index in [9.17, 15) is 19.5 Å². The molecule has 0 bridgehead atoms. The van der Waals surface area contributed by atoms with Crippen molar-refractivity contribution in [2.45, 2.75) is 25.0 Å². The van der Waals surface area contributed by atoms with Crippen LogP contribution in [0.15, 0.2) is 47.8 Å². The van der Waals surface area contributed by atoms with Crippen LogP contribution in [0.25, 0.3) is 0 Å². The van der Waals surface area contributed by atoms with Crippen molar-refractivity contribution in [1.29, 1.82) is 5.26 Å². The zero-order valence-electron chi connectivity index (χ0n) is 14.4. The van der Waals surface area contributed by atoms with Gasteiger partial charge in [-0.05, 0) is 53.8 Å². The lowest BCUT2D eigenvalue weighted by Gasteiger charge is -2.31. The summed E-state index contributed by atoms with van der Waals surface area (Å²) in [5, 5.41) is 34.2. The number of hydrogen-bond donors (Lipinski definition) is 2. The van der Waals surface area contributed by atoms with Gasteiger partial charge in [-0.25, -0.2) is 4.39 Å². The average molecular weight is 357 g/mol. The van der Waals surface area contributed by atoms with Gasteiger partial charge in [0.15, 0.2) is 0 Å². The minimum absolute atomic E-state index is 0.220. The molecular formula is C19H20FN3O3. The van der Waals surface area contributed by atoms with Gasteiger partial charge < -0.3 is 10.2 Å². The van der Waals surface area contributed by atoms with Crippen LogP contribution in [0, 0.1) is 22.1 Å². The number of nitrogens with zero attached hydrogens (tertiary/aromatic N) is 3. The first kappa shape index (κ1) is 19.5. The number of nitroso groups, excluding NO2 is 1. The van der Waals surface area contributed by atoms with Crippen molar-refractivity contribution in [3.8, 4) is 6.07 Å². The van der Waals surface area contributed by atoms with E-state index in [2.05, 4.69) is 5.29 Å². The lowest BCUT2D eigenvalue weighted by molar-refractivity contribution is 0.0634. The Hall–Kier alpha value is -2.82. The molecule has 0 amide bonds. The minimum atomic E-state index is -1.51. The summed E-state index contributed by atoms with van der Waals surface area (Å²) >= 11 is 0. The maximum atomic E-state index is 13.3. The quantitative estimate of drug-likeness (QED) is 0.559. The Balaban J connectivity index is 2.48. The molecule has 0 fully saturated rings. The molecule has 7 heteroatoms. The summed E-state index contributed by atoms with van der Waals surface area (Å²) in [5.41, 5.74) is 0.165. The second kappa shape index (κ2) is 8.52. The van der Waals surface area contributed by atoms with E-state index in [-0.39, 0.29) is 13.0 Å². The molecule has 0 saturated carbocycles. The van der Waals surface area contributed by atoms with Crippen LogP contribution >= 0.6 is 0 Å². The number of aliphatic hydroxyl groups is 2. The van der Waals surface area contributed by atoms with E-state index in [4.69, 9.17) is 5.26 Å². The normalized spacial score (nSPS) is 12.9. The predicted molar refractivity (Wildman–Crippen MR) is 94.1 cm³/mol. The molecule has 0 heterocycles. The molecule has 0 spiro atoms. The standard InChI is InChI=1S/C19H20FN3O3/c1-23(22-26)10-2-9-19(25,16-4-6-17(20)7-5-16)18-8-3-14(12-21)11-15(18)13-24/h3-8,11,24-25H,2,9-10,13H2,1H3. The van der Waals surface area contributed by atoms with E-state index in [1.165, 1.54) is 42.4 Å². The molecule has 2 aromatic carbocycles. The van der Waals surface area contributed by atoms with Gasteiger partial charge in [-0.3, -0.25) is 5.01 Å². The Labute approximate surface area is 151 Å². The van der Waals surface area contributed by atoms with E-state index in [1.807, 2.05) is 6.07 Å². The second-order valence-electron chi connectivity index (χ2n) is 6.08. The predicted octanol–water partition coefficient (Wildman–Crippen LogP) is 2.82. The summed E-state index contributed by atoms with van der Waals surface area (Å²) in [7, 11) is 1.53. The van der Waals surface area contributed by atoms with Gasteiger partial charge in [-0.15, -0.1) is 4.91 Å². The van der Waals surface area contributed by atoms with Crippen LogP contribution < -0.4 is 0 Å². The summed E-state index contributed by atoms with van der Waals surface area (Å²) in [6, 6.07) is 12.1. The van der Waals surface area contributed by atoms with Crippen molar-refractivity contribution in [2.24, 2.45) is 5.29 Å². The number of nitriles is 1. The van der Waals surface area contributed by atoms with Crippen molar-refractivity contribution in [3.63, 3.8) is 0 Å². The van der Waals surface area contributed by atoms with Gasteiger partial charge in [0, 0.05) is 13.6 Å². The third-order valence-electron chi connectivity index (χ3n) is 4.33. The van der Waals surface area contributed by atoms with Crippen LogP contribution in [0.1, 0.15) is 35.1 Å². The molecule has 0 aromatic heterocycles. The number of benzene rings is 2. The van der Waals surface area contributed by atoms with Gasteiger partial charge in [0.1, 0.15) is 11.4 Å². The Bertz CT molecular complexity index is 805. The van der Waals surface area contributed by atoms with Crippen LogP contribution in [-0.2, 0) is 12.2 Å². The summed E-state index contributed by atoms with van der Waals surface area (Å²) in [6.07, 6.45) is 0.651. The van der Waals surface area contributed by atoms with Crippen LogP contribution in [0.2, 0.25) is 0 Å². The number of halogens is 1. The Morgan fingerprint density at radius 3 is 2.54 bits per heavy atom. The molecule has 2 N–H and O–H groups in total. The van der Waals surface area contributed by atoms with Gasteiger partial charge in [-0.2, -0.15) is 5.26 Å². The molecule has 0 aliphatic rings. The summed E-state index contributed by atoms with van der Waals surface area (Å²) in [6.45, 7) is -0.0259. The summed E-state index contributed by atoms with van der Waals surface area (Å²) in [5.74, 6) is -0.428. The first-order valence-electron chi connectivity index (χ1n) is 8.11. The largest absolute Gasteiger partial charge is 0.392 e. The molecule has 1 atom stereocenters. The highest BCUT2D eigenvalue weighted by Gasteiger charge is 2.33. The Morgan fingerprint density at radius 2 is 1.96 bits per heavy atom. The Morgan fingerprint density at radius 1 is 1.27 bits per heavy atom. The second-order valence-corrected chi connectivity index (χ2v) is 6.08. The highest BCUT2D eigenvalue weighted by atomic mass is 19.1. The minimum Gasteiger partial charge on any atom is -0.392 e. The molecule has 0 aliphatic carbocycles. The topological polar surface area (TPSA) is 96.9 Å². The van der Waals surface area contributed by atoms with E-state index in [0.717, 1.165) is 0 Å². The molecule has 0 aliphatic heterocycles. The first-order valence-corrected chi connectivity index (χ1v) is 8.11. The van der Waals surface area contributed by atoms with Gasteiger partial charge >= 0.3 is 0 Å². The van der Waals surface area contributed by atoms with E-state index in [0.29, 0.717) is 35.2 Å². The summed E-state index contributed by atoms with van der Waals surface area (Å²) < 4.78 is 13.3. The molecule has 0 radical (unpaired) electrons. The van der Waals surface area contributed by atoms with Crippen LogP contribution in [0.3, 0.4) is 0 Å². The van der Waals surface area contributed by atoms with Gasteiger partial charge in [0.2, 0.25) is 0 Å². The van der Waals surface area contributed by atoms with Gasteiger partial charge in [-0.1, -0.05) is 18.2 Å². The van der Waals surface area contributed by atoms with Gasteiger partial charge in [0.05, 0.1) is 23.5 Å². The van der Waals surface area contributed by atoms with Crippen LogP contribution in [0.5, 0.6) is 0 Å². The smallest absolute Gasteiger partial charge is 0.123 e. The van der Waals surface area contributed by atoms with Crippen molar-refractivity contribution in [3.05, 3.63) is 75.4 Å². The fraction of sp³-hybridized carbons (Fsp3) is 0.316. The lowest BCUT2D eigenvalue weighted by Crippen LogP contribution is -2.30. The zero-order valence-corrected chi connectivity index (χ0v) is 14.4. The molecule has 6 nitrogen and oxygen atoms in total. The maximum Gasteiger partial charge on any atom is 0.123 e. The third kappa shape index (κ3) is 4.23. The molecule has 0 saturated heterocycles. The maximum absolute atomic E-state index is 13.3. The lowest BCUT2D eigenvalue weighted by atomic mass is 9.80. The number of aliphatic hydroxyl groups excluding tert-OH is 1. The molecule has 26 heavy (non-hydrogen) atoms. The molecule has 2 rings (SSSR count). The number of rotatable bonds is 8. The van der Waals surface area contributed by atoms with Crippen molar-refractivity contribution < 1.29 is 14.6 Å². The zero-order chi connectivity index (χ0) is 19.2. The van der Waals surface area contributed by atoms with Gasteiger partial charge in [0.25, 0.3) is 0 Å². The van der Waals surface area contributed by atoms with Crippen LogP contribution in [0.4, 0.5) is 4.39 Å². The Kier molecular flexibility index (Phi) is 6.39. The average Bonchev–Trinajstić information content (AvgIpc) is 2.67. The fourth-order valence-electron chi connectivity index (χ4n) is 2.96. The molecule has 1 unspecified atom stereocenters. The highest BCUT2D eigenvalue weighted by Crippen LogP contribution is 2.36. The molecule has 136 valence electrons. The molecular weight excluding hydrogens is 337 g/mol. The first-order chi connectivity index (χ1) is 12.4. The van der Waals surface area contributed by atoms with Crippen molar-refractivity contribution >= 4 is 0 Å². The molecule has 2 aromatic rings. The SMILES string of the molecule is CN(CCCC(O)(c1ccc(F)cc1)c1ccc(C#N)cc1CO)N=O. The number of hydrogen-bond acceptors (Lipinski definition) is 5. The van der Waals surface area contributed by atoms with E-state index < -0.39 is 11.4 Å².